The first-order chi connectivity index (χ1) is 10.2. The molecule has 0 aliphatic heterocycles. The van der Waals surface area contributed by atoms with Gasteiger partial charge in [0.05, 0.1) is 12.3 Å². The molecule has 0 bridgehead atoms. The fraction of sp³-hybridized carbons (Fsp3) is 0.278. The third-order valence-electron chi connectivity index (χ3n) is 3.69. The first-order valence-corrected chi connectivity index (χ1v) is 7.39. The Morgan fingerprint density at radius 1 is 1.10 bits per heavy atom. The van der Waals surface area contributed by atoms with Crippen molar-refractivity contribution >= 4 is 5.65 Å². The zero-order chi connectivity index (χ0) is 14.8. The molecule has 3 nitrogen and oxygen atoms in total. The first-order valence-electron chi connectivity index (χ1n) is 7.39. The van der Waals surface area contributed by atoms with Gasteiger partial charge in [0.1, 0.15) is 11.4 Å². The number of nitrogens with zero attached hydrogens (tertiary/aromatic N) is 2. The Hall–Kier alpha value is -2.29. The second-order valence-electron chi connectivity index (χ2n) is 5.28. The molecule has 0 saturated carbocycles. The summed E-state index contributed by atoms with van der Waals surface area (Å²) < 4.78 is 8.01. The molecule has 0 atom stereocenters. The number of imidazole rings is 1. The summed E-state index contributed by atoms with van der Waals surface area (Å²) in [6.45, 7) is 7.03. The van der Waals surface area contributed by atoms with Crippen molar-refractivity contribution in [3.8, 4) is 17.0 Å². The van der Waals surface area contributed by atoms with Gasteiger partial charge in [-0.3, -0.25) is 0 Å². The Morgan fingerprint density at radius 2 is 1.90 bits per heavy atom. The predicted octanol–water partition coefficient (Wildman–Crippen LogP) is 4.41. The van der Waals surface area contributed by atoms with E-state index in [0.717, 1.165) is 41.4 Å². The number of hydrogen-bond acceptors (Lipinski definition) is 2. The summed E-state index contributed by atoms with van der Waals surface area (Å²) in [6, 6.07) is 12.3. The largest absolute Gasteiger partial charge is 0.493 e. The average Bonchev–Trinajstić information content (AvgIpc) is 2.84. The average molecular weight is 280 g/mol. The Morgan fingerprint density at radius 3 is 2.67 bits per heavy atom. The smallest absolute Gasteiger partial charge is 0.140 e. The first kappa shape index (κ1) is 13.7. The molecule has 2 heterocycles. The molecule has 0 radical (unpaired) electrons. The quantitative estimate of drug-likeness (QED) is 0.707. The van der Waals surface area contributed by atoms with Crippen LogP contribution in [0.2, 0.25) is 0 Å². The fourth-order valence-corrected chi connectivity index (χ4v) is 2.58. The van der Waals surface area contributed by atoms with Gasteiger partial charge in [0.25, 0.3) is 0 Å². The summed E-state index contributed by atoms with van der Waals surface area (Å²) in [6.07, 6.45) is 3.06. The monoisotopic (exact) mass is 280 g/mol. The van der Waals surface area contributed by atoms with Gasteiger partial charge in [0, 0.05) is 17.5 Å². The van der Waals surface area contributed by atoms with Gasteiger partial charge < -0.3 is 9.14 Å². The van der Waals surface area contributed by atoms with Gasteiger partial charge in [-0.25, -0.2) is 4.98 Å². The van der Waals surface area contributed by atoms with Crippen LogP contribution in [0.1, 0.15) is 24.6 Å². The standard InChI is InChI=1S/C18H20N2O/c1-4-12-21-16-10-6-5-9-15(16)17-14(3)20-11-7-8-13(2)18(20)19-17/h5-11H,4,12H2,1-3H3. The molecule has 21 heavy (non-hydrogen) atoms. The van der Waals surface area contributed by atoms with Crippen molar-refractivity contribution in [1.82, 2.24) is 9.38 Å². The molecule has 108 valence electrons. The summed E-state index contributed by atoms with van der Waals surface area (Å²) in [5.74, 6) is 0.906. The van der Waals surface area contributed by atoms with E-state index in [9.17, 15) is 0 Å². The van der Waals surface area contributed by atoms with E-state index in [2.05, 4.69) is 49.6 Å². The number of aryl methyl sites for hydroxylation is 2. The maximum Gasteiger partial charge on any atom is 0.140 e. The van der Waals surface area contributed by atoms with E-state index in [0.29, 0.717) is 0 Å². The highest BCUT2D eigenvalue weighted by molar-refractivity contribution is 5.72. The number of fused-ring (bicyclic) bond motifs is 1. The van der Waals surface area contributed by atoms with E-state index in [1.807, 2.05) is 18.2 Å². The van der Waals surface area contributed by atoms with E-state index in [1.54, 1.807) is 0 Å². The highest BCUT2D eigenvalue weighted by Gasteiger charge is 2.15. The maximum absolute atomic E-state index is 5.87. The minimum Gasteiger partial charge on any atom is -0.493 e. The molecule has 0 N–H and O–H groups in total. The van der Waals surface area contributed by atoms with Gasteiger partial charge in [-0.2, -0.15) is 0 Å². The molecule has 0 fully saturated rings. The van der Waals surface area contributed by atoms with Crippen LogP contribution < -0.4 is 4.74 Å². The van der Waals surface area contributed by atoms with E-state index < -0.39 is 0 Å². The summed E-state index contributed by atoms with van der Waals surface area (Å²) >= 11 is 0. The molecule has 3 aromatic rings. The van der Waals surface area contributed by atoms with Crippen molar-refractivity contribution in [1.29, 1.82) is 0 Å². The molecule has 1 aromatic carbocycles. The van der Waals surface area contributed by atoms with Crippen molar-refractivity contribution < 1.29 is 4.74 Å². The van der Waals surface area contributed by atoms with Crippen molar-refractivity contribution in [3.05, 3.63) is 53.9 Å². The molecule has 3 rings (SSSR count). The lowest BCUT2D eigenvalue weighted by molar-refractivity contribution is 0.318. The Kier molecular flexibility index (Phi) is 3.65. The van der Waals surface area contributed by atoms with E-state index in [4.69, 9.17) is 9.72 Å². The third kappa shape index (κ3) is 2.40. The Balaban J connectivity index is 2.17. The van der Waals surface area contributed by atoms with Gasteiger partial charge in [0.15, 0.2) is 0 Å². The fourth-order valence-electron chi connectivity index (χ4n) is 2.58. The van der Waals surface area contributed by atoms with E-state index >= 15 is 0 Å². The minimum atomic E-state index is 0.725. The highest BCUT2D eigenvalue weighted by Crippen LogP contribution is 2.32. The van der Waals surface area contributed by atoms with Gasteiger partial charge in [0.2, 0.25) is 0 Å². The number of benzene rings is 1. The van der Waals surface area contributed by atoms with Crippen LogP contribution >= 0.6 is 0 Å². The number of rotatable bonds is 4. The molecule has 3 heteroatoms. The lowest BCUT2D eigenvalue weighted by Gasteiger charge is -2.09. The highest BCUT2D eigenvalue weighted by atomic mass is 16.5. The van der Waals surface area contributed by atoms with Crippen LogP contribution in [-0.4, -0.2) is 16.0 Å². The molecule has 0 amide bonds. The number of pyridine rings is 1. The third-order valence-corrected chi connectivity index (χ3v) is 3.69. The number of hydrogen-bond donors (Lipinski definition) is 0. The molecule has 2 aromatic heterocycles. The second kappa shape index (κ2) is 5.60. The van der Waals surface area contributed by atoms with Gasteiger partial charge in [-0.15, -0.1) is 0 Å². The number of ether oxygens (including phenoxy) is 1. The van der Waals surface area contributed by atoms with Crippen LogP contribution in [0.15, 0.2) is 42.6 Å². The second-order valence-corrected chi connectivity index (χ2v) is 5.28. The SMILES string of the molecule is CCCOc1ccccc1-c1nc2c(C)cccn2c1C. The summed E-state index contributed by atoms with van der Waals surface area (Å²) in [4.78, 5) is 4.83. The van der Waals surface area contributed by atoms with Gasteiger partial charge in [-0.05, 0) is 44.0 Å². The maximum atomic E-state index is 5.87. The van der Waals surface area contributed by atoms with E-state index in [-0.39, 0.29) is 0 Å². The molecule has 0 spiro atoms. The minimum absolute atomic E-state index is 0.725. The molecule has 0 unspecified atom stereocenters. The topological polar surface area (TPSA) is 26.5 Å². The number of para-hydroxylation sites is 1. The van der Waals surface area contributed by atoms with Crippen LogP contribution in [0.4, 0.5) is 0 Å². The van der Waals surface area contributed by atoms with Gasteiger partial charge in [-0.1, -0.05) is 25.1 Å². The van der Waals surface area contributed by atoms with Crippen molar-refractivity contribution in [2.24, 2.45) is 0 Å². The molecule has 0 aliphatic rings. The van der Waals surface area contributed by atoms with Crippen LogP contribution in [-0.2, 0) is 0 Å². The normalized spacial score (nSPS) is 11.0. The van der Waals surface area contributed by atoms with Crippen molar-refractivity contribution in [2.75, 3.05) is 6.61 Å². The van der Waals surface area contributed by atoms with Gasteiger partial charge >= 0.3 is 0 Å². The summed E-state index contributed by atoms with van der Waals surface area (Å²) in [7, 11) is 0. The predicted molar refractivity (Wildman–Crippen MR) is 85.9 cm³/mol. The zero-order valence-corrected chi connectivity index (χ0v) is 12.8. The van der Waals surface area contributed by atoms with Crippen LogP contribution in [0.3, 0.4) is 0 Å². The lowest BCUT2D eigenvalue weighted by atomic mass is 10.1. The van der Waals surface area contributed by atoms with Crippen LogP contribution in [0, 0.1) is 13.8 Å². The van der Waals surface area contributed by atoms with Crippen molar-refractivity contribution in [2.45, 2.75) is 27.2 Å². The summed E-state index contributed by atoms with van der Waals surface area (Å²) in [5, 5.41) is 0. The Bertz CT molecular complexity index is 774. The van der Waals surface area contributed by atoms with Crippen LogP contribution in [0.5, 0.6) is 5.75 Å². The molecular weight excluding hydrogens is 260 g/mol. The Labute approximate surface area is 125 Å². The molecular formula is C18H20N2O. The molecule has 0 saturated heterocycles. The summed E-state index contributed by atoms with van der Waals surface area (Å²) in [5.41, 5.74) is 5.39. The van der Waals surface area contributed by atoms with Crippen molar-refractivity contribution in [3.63, 3.8) is 0 Å². The number of aromatic nitrogens is 2. The molecule has 0 aliphatic carbocycles. The van der Waals surface area contributed by atoms with Crippen LogP contribution in [0.25, 0.3) is 16.9 Å². The van der Waals surface area contributed by atoms with E-state index in [1.165, 1.54) is 5.56 Å². The lowest BCUT2D eigenvalue weighted by Crippen LogP contribution is -1.97. The zero-order valence-electron chi connectivity index (χ0n) is 12.8.